The molecule has 122 valence electrons. The Kier molecular flexibility index (Phi) is 5.99. The third kappa shape index (κ3) is 6.17. The number of carbonyl (C=O) groups is 2. The van der Waals surface area contributed by atoms with Crippen molar-refractivity contribution in [2.75, 3.05) is 6.54 Å². The van der Waals surface area contributed by atoms with Crippen LogP contribution in [0.4, 0.5) is 13.6 Å². The monoisotopic (exact) mass is 314 g/mol. The van der Waals surface area contributed by atoms with E-state index in [1.165, 1.54) is 12.1 Å². The van der Waals surface area contributed by atoms with Crippen LogP contribution >= 0.6 is 0 Å². The number of nitrogens with two attached hydrogens (primary N) is 1. The number of imide groups is 1. The number of carbonyl (C=O) groups excluding carboxylic acids is 2. The first kappa shape index (κ1) is 18.0. The van der Waals surface area contributed by atoms with Gasteiger partial charge in [0.2, 0.25) is 0 Å². The largest absolute Gasteiger partial charge is 0.333 e. The van der Waals surface area contributed by atoms with Crippen molar-refractivity contribution in [2.24, 2.45) is 0 Å². The highest BCUT2D eigenvalue weighted by molar-refractivity contribution is 5.94. The minimum atomic E-state index is -0.658. The van der Waals surface area contributed by atoms with Crippen LogP contribution in [0.25, 0.3) is 0 Å². The Morgan fingerprint density at radius 3 is 2.45 bits per heavy atom. The molecule has 0 unspecified atom stereocenters. The van der Waals surface area contributed by atoms with Crippen molar-refractivity contribution in [3.8, 4) is 0 Å². The predicted octanol–water partition coefficient (Wildman–Crippen LogP) is 1.21. The van der Waals surface area contributed by atoms with Crippen LogP contribution in [0.15, 0.2) is 18.2 Å². The van der Waals surface area contributed by atoms with E-state index in [2.05, 4.69) is 10.6 Å². The summed E-state index contributed by atoms with van der Waals surface area (Å²) in [5, 5.41) is 6.36. The van der Waals surface area contributed by atoms with Gasteiger partial charge in [-0.2, -0.15) is 0 Å². The molecule has 0 bridgehead atoms. The second-order valence-corrected chi connectivity index (χ2v) is 6.15. The van der Waals surface area contributed by atoms with Crippen molar-refractivity contribution in [2.45, 2.75) is 39.3 Å². The molecule has 1 aromatic carbocycles. The minimum absolute atomic E-state index is 0.0461. The van der Waals surface area contributed by atoms with E-state index in [1.807, 2.05) is 0 Å². The van der Waals surface area contributed by atoms with Crippen LogP contribution < -0.4 is 16.0 Å². The first-order valence-corrected chi connectivity index (χ1v) is 6.99. The van der Waals surface area contributed by atoms with Crippen LogP contribution in [-0.4, -0.2) is 24.0 Å². The Balaban J connectivity index is 2.48. The van der Waals surface area contributed by atoms with E-state index in [0.29, 0.717) is 5.56 Å². The van der Waals surface area contributed by atoms with Gasteiger partial charge in [-0.3, -0.25) is 10.1 Å². The molecule has 7 heteroatoms. The van der Waals surface area contributed by atoms with Crippen molar-refractivity contribution < 1.29 is 23.7 Å². The maximum absolute atomic E-state index is 13.6. The van der Waals surface area contributed by atoms with Crippen LogP contribution in [0, 0.1) is 11.6 Å². The lowest BCUT2D eigenvalue weighted by molar-refractivity contribution is -0.682. The van der Waals surface area contributed by atoms with E-state index in [4.69, 9.17) is 0 Å². The molecule has 3 amide bonds. The molecule has 5 nitrogen and oxygen atoms in total. The number of rotatable bonds is 4. The van der Waals surface area contributed by atoms with Gasteiger partial charge in [0, 0.05) is 17.2 Å². The average Bonchev–Trinajstić information content (AvgIpc) is 2.33. The minimum Gasteiger partial charge on any atom is -0.333 e. The van der Waals surface area contributed by atoms with E-state index < -0.39 is 29.1 Å². The molecule has 0 spiro atoms. The van der Waals surface area contributed by atoms with Crippen LogP contribution in [0.3, 0.4) is 0 Å². The van der Waals surface area contributed by atoms with E-state index in [1.54, 1.807) is 33.0 Å². The molecule has 0 radical (unpaired) electrons. The molecule has 0 fully saturated rings. The molecule has 1 aromatic rings. The summed E-state index contributed by atoms with van der Waals surface area (Å²) in [5.41, 5.74) is -0.146. The molecule has 0 aliphatic carbocycles. The molecule has 22 heavy (non-hydrogen) atoms. The predicted molar refractivity (Wildman–Crippen MR) is 78.0 cm³/mol. The second kappa shape index (κ2) is 7.31. The molecule has 0 saturated carbocycles. The van der Waals surface area contributed by atoms with Gasteiger partial charge in [0.15, 0.2) is 6.54 Å². The van der Waals surface area contributed by atoms with E-state index in [9.17, 15) is 18.4 Å². The van der Waals surface area contributed by atoms with Crippen LogP contribution in [0.5, 0.6) is 0 Å². The van der Waals surface area contributed by atoms with Gasteiger partial charge < -0.3 is 10.6 Å². The summed E-state index contributed by atoms with van der Waals surface area (Å²) >= 11 is 0. The van der Waals surface area contributed by atoms with Gasteiger partial charge in [-0.05, 0) is 39.8 Å². The Bertz CT molecular complexity index is 556. The maximum Gasteiger partial charge on any atom is 0.322 e. The molecule has 4 N–H and O–H groups in total. The van der Waals surface area contributed by atoms with Crippen molar-refractivity contribution in [3.63, 3.8) is 0 Å². The smallest absolute Gasteiger partial charge is 0.322 e. The zero-order valence-corrected chi connectivity index (χ0v) is 13.2. The number of urea groups is 1. The van der Waals surface area contributed by atoms with E-state index in [-0.39, 0.29) is 12.6 Å². The lowest BCUT2D eigenvalue weighted by Crippen LogP contribution is -2.87. The lowest BCUT2D eigenvalue weighted by Gasteiger charge is -2.20. The Hall–Kier alpha value is -2.02. The number of nitrogens with one attached hydrogen (secondary N) is 2. The fraction of sp³-hybridized carbons (Fsp3) is 0.467. The quantitative estimate of drug-likeness (QED) is 0.781. The normalized spacial score (nSPS) is 12.6. The summed E-state index contributed by atoms with van der Waals surface area (Å²) < 4.78 is 26.4. The number of quaternary nitrogens is 1. The zero-order chi connectivity index (χ0) is 16.9. The SMILES string of the molecule is C[C@H]([NH2+]CC(=O)NC(=O)NC(C)(C)C)c1ccc(F)cc1F. The summed E-state index contributed by atoms with van der Waals surface area (Å²) in [7, 11) is 0. The topological polar surface area (TPSA) is 74.8 Å². The average molecular weight is 314 g/mol. The highest BCUT2D eigenvalue weighted by Crippen LogP contribution is 2.14. The van der Waals surface area contributed by atoms with Gasteiger partial charge in [0.05, 0.1) is 0 Å². The van der Waals surface area contributed by atoms with Gasteiger partial charge in [-0.1, -0.05) is 0 Å². The van der Waals surface area contributed by atoms with E-state index in [0.717, 1.165) is 6.07 Å². The third-order valence-electron chi connectivity index (χ3n) is 2.85. The molecule has 1 atom stereocenters. The van der Waals surface area contributed by atoms with E-state index >= 15 is 0 Å². The molecule has 1 rings (SSSR count). The molecule has 0 saturated heterocycles. The summed E-state index contributed by atoms with van der Waals surface area (Å²) in [6.07, 6.45) is 0. The fourth-order valence-electron chi connectivity index (χ4n) is 1.83. The lowest BCUT2D eigenvalue weighted by atomic mass is 10.1. The number of hydrogen-bond acceptors (Lipinski definition) is 2. The second-order valence-electron chi connectivity index (χ2n) is 6.15. The highest BCUT2D eigenvalue weighted by atomic mass is 19.1. The Labute approximate surface area is 128 Å². The fourth-order valence-corrected chi connectivity index (χ4v) is 1.83. The van der Waals surface area contributed by atoms with Crippen molar-refractivity contribution >= 4 is 11.9 Å². The highest BCUT2D eigenvalue weighted by Gasteiger charge is 2.19. The van der Waals surface area contributed by atoms with Crippen LogP contribution in [0.2, 0.25) is 0 Å². The summed E-state index contributed by atoms with van der Waals surface area (Å²) in [6, 6.07) is 2.36. The zero-order valence-electron chi connectivity index (χ0n) is 13.2. The van der Waals surface area contributed by atoms with Gasteiger partial charge in [0.25, 0.3) is 5.91 Å². The van der Waals surface area contributed by atoms with Crippen molar-refractivity contribution in [1.29, 1.82) is 0 Å². The van der Waals surface area contributed by atoms with Gasteiger partial charge in [-0.15, -0.1) is 0 Å². The number of hydrogen-bond donors (Lipinski definition) is 3. The first-order chi connectivity index (χ1) is 10.1. The van der Waals surface area contributed by atoms with Gasteiger partial charge in [0.1, 0.15) is 17.7 Å². The maximum atomic E-state index is 13.6. The number of halogens is 2. The molecular weight excluding hydrogens is 292 g/mol. The summed E-state index contributed by atoms with van der Waals surface area (Å²) in [5.74, 6) is -1.80. The molecular formula is C15H22F2N3O2+. The van der Waals surface area contributed by atoms with Crippen molar-refractivity contribution in [1.82, 2.24) is 10.6 Å². The van der Waals surface area contributed by atoms with Crippen LogP contribution in [0.1, 0.15) is 39.3 Å². The summed E-state index contributed by atoms with van der Waals surface area (Å²) in [4.78, 5) is 23.2. The number of amides is 3. The third-order valence-corrected chi connectivity index (χ3v) is 2.85. The molecule has 0 heterocycles. The Morgan fingerprint density at radius 1 is 1.27 bits per heavy atom. The van der Waals surface area contributed by atoms with Crippen molar-refractivity contribution in [3.05, 3.63) is 35.4 Å². The summed E-state index contributed by atoms with van der Waals surface area (Å²) in [6.45, 7) is 7.03. The molecule has 0 aliphatic heterocycles. The Morgan fingerprint density at radius 2 is 1.91 bits per heavy atom. The first-order valence-electron chi connectivity index (χ1n) is 6.99. The molecule has 0 aliphatic rings. The standard InChI is InChI=1S/C15H21F2N3O2/c1-9(11-6-5-10(16)7-12(11)17)18-8-13(21)19-14(22)20-15(2,3)4/h5-7,9,18H,8H2,1-4H3,(H2,19,20,21,22)/p+1/t9-/m0/s1. The van der Waals surface area contributed by atoms with Crippen LogP contribution in [-0.2, 0) is 4.79 Å². The number of benzene rings is 1. The molecule has 0 aromatic heterocycles. The van der Waals surface area contributed by atoms with Gasteiger partial charge >= 0.3 is 6.03 Å². The van der Waals surface area contributed by atoms with Gasteiger partial charge in [-0.25, -0.2) is 13.6 Å².